The van der Waals surface area contributed by atoms with E-state index in [0.717, 1.165) is 0 Å². The first-order valence-corrected chi connectivity index (χ1v) is 6.87. The SMILES string of the molecule is O=C(O)CN(Cc1ccc(Cl)c(F)c1)c1cccc(Cl)c1. The highest BCUT2D eigenvalue weighted by Gasteiger charge is 2.13. The van der Waals surface area contributed by atoms with E-state index in [4.69, 9.17) is 28.3 Å². The van der Waals surface area contributed by atoms with E-state index < -0.39 is 11.8 Å². The van der Waals surface area contributed by atoms with Gasteiger partial charge < -0.3 is 10.0 Å². The van der Waals surface area contributed by atoms with Crippen LogP contribution in [0.4, 0.5) is 10.1 Å². The topological polar surface area (TPSA) is 40.5 Å². The van der Waals surface area contributed by atoms with Crippen LogP contribution in [0, 0.1) is 5.82 Å². The second kappa shape index (κ2) is 6.78. The molecule has 0 saturated carbocycles. The summed E-state index contributed by atoms with van der Waals surface area (Å²) in [4.78, 5) is 12.6. The molecule has 0 aliphatic heterocycles. The van der Waals surface area contributed by atoms with Crippen LogP contribution in [0.1, 0.15) is 5.56 Å². The van der Waals surface area contributed by atoms with E-state index in [0.29, 0.717) is 16.3 Å². The van der Waals surface area contributed by atoms with Gasteiger partial charge >= 0.3 is 5.97 Å². The standard InChI is InChI=1S/C15H12Cl2FNO2/c16-11-2-1-3-12(7-11)19(9-15(20)21)8-10-4-5-13(17)14(18)6-10/h1-7H,8-9H2,(H,20,21). The highest BCUT2D eigenvalue weighted by atomic mass is 35.5. The molecule has 0 atom stereocenters. The van der Waals surface area contributed by atoms with Gasteiger partial charge in [-0.1, -0.05) is 35.3 Å². The molecule has 0 radical (unpaired) electrons. The van der Waals surface area contributed by atoms with Gasteiger partial charge in [0.2, 0.25) is 0 Å². The molecule has 0 unspecified atom stereocenters. The third-order valence-corrected chi connectivity index (χ3v) is 3.40. The lowest BCUT2D eigenvalue weighted by Crippen LogP contribution is -2.29. The molecule has 110 valence electrons. The Morgan fingerprint density at radius 3 is 2.57 bits per heavy atom. The zero-order valence-electron chi connectivity index (χ0n) is 10.9. The Morgan fingerprint density at radius 1 is 1.19 bits per heavy atom. The molecule has 0 fully saturated rings. The summed E-state index contributed by atoms with van der Waals surface area (Å²) >= 11 is 11.6. The first-order chi connectivity index (χ1) is 9.95. The number of benzene rings is 2. The lowest BCUT2D eigenvalue weighted by molar-refractivity contribution is -0.135. The average Bonchev–Trinajstić information content (AvgIpc) is 2.42. The van der Waals surface area contributed by atoms with E-state index >= 15 is 0 Å². The normalized spacial score (nSPS) is 10.4. The number of aliphatic carboxylic acids is 1. The third kappa shape index (κ3) is 4.34. The number of carbonyl (C=O) groups is 1. The van der Waals surface area contributed by atoms with Gasteiger partial charge in [-0.15, -0.1) is 0 Å². The summed E-state index contributed by atoms with van der Waals surface area (Å²) in [6.07, 6.45) is 0. The number of carboxylic acid groups (broad SMARTS) is 1. The van der Waals surface area contributed by atoms with Crippen LogP contribution in [-0.2, 0) is 11.3 Å². The predicted octanol–water partition coefficient (Wildman–Crippen LogP) is 4.22. The molecule has 6 heteroatoms. The minimum absolute atomic E-state index is 0.0336. The van der Waals surface area contributed by atoms with Gasteiger partial charge in [-0.3, -0.25) is 4.79 Å². The van der Waals surface area contributed by atoms with E-state index in [1.54, 1.807) is 35.2 Å². The van der Waals surface area contributed by atoms with Crippen molar-refractivity contribution in [2.24, 2.45) is 0 Å². The summed E-state index contributed by atoms with van der Waals surface area (Å²) in [7, 11) is 0. The van der Waals surface area contributed by atoms with Crippen molar-refractivity contribution in [3.8, 4) is 0 Å². The summed E-state index contributed by atoms with van der Waals surface area (Å²) in [5.74, 6) is -1.51. The van der Waals surface area contributed by atoms with Crippen LogP contribution in [-0.4, -0.2) is 17.6 Å². The molecular formula is C15H12Cl2FNO2. The van der Waals surface area contributed by atoms with Crippen molar-refractivity contribution in [1.29, 1.82) is 0 Å². The predicted molar refractivity (Wildman–Crippen MR) is 81.5 cm³/mol. The number of hydrogen-bond acceptors (Lipinski definition) is 2. The fourth-order valence-electron chi connectivity index (χ4n) is 1.93. The summed E-state index contributed by atoms with van der Waals surface area (Å²) in [5, 5.41) is 9.56. The lowest BCUT2D eigenvalue weighted by atomic mass is 10.2. The Hall–Kier alpha value is -1.78. The van der Waals surface area contributed by atoms with Crippen LogP contribution in [0.25, 0.3) is 0 Å². The van der Waals surface area contributed by atoms with Crippen molar-refractivity contribution in [3.05, 3.63) is 63.9 Å². The van der Waals surface area contributed by atoms with Crippen LogP contribution in [0.2, 0.25) is 10.0 Å². The van der Waals surface area contributed by atoms with Crippen molar-refractivity contribution in [3.63, 3.8) is 0 Å². The Bertz CT molecular complexity index is 664. The highest BCUT2D eigenvalue weighted by Crippen LogP contribution is 2.23. The zero-order chi connectivity index (χ0) is 15.4. The van der Waals surface area contributed by atoms with Gasteiger partial charge in [0, 0.05) is 17.3 Å². The van der Waals surface area contributed by atoms with Gasteiger partial charge in [-0.05, 0) is 35.9 Å². The molecule has 0 aliphatic rings. The van der Waals surface area contributed by atoms with Crippen molar-refractivity contribution in [2.45, 2.75) is 6.54 Å². The van der Waals surface area contributed by atoms with Crippen LogP contribution in [0.5, 0.6) is 0 Å². The maximum atomic E-state index is 13.5. The van der Waals surface area contributed by atoms with Gasteiger partial charge in [0.05, 0.1) is 5.02 Å². The Labute approximate surface area is 131 Å². The monoisotopic (exact) mass is 327 g/mol. The van der Waals surface area contributed by atoms with Gasteiger partial charge in [0.15, 0.2) is 0 Å². The fourth-order valence-corrected chi connectivity index (χ4v) is 2.24. The minimum Gasteiger partial charge on any atom is -0.480 e. The van der Waals surface area contributed by atoms with E-state index in [1.807, 2.05) is 0 Å². The number of nitrogens with zero attached hydrogens (tertiary/aromatic N) is 1. The van der Waals surface area contributed by atoms with E-state index in [-0.39, 0.29) is 18.1 Å². The smallest absolute Gasteiger partial charge is 0.323 e. The van der Waals surface area contributed by atoms with Gasteiger partial charge in [-0.2, -0.15) is 0 Å². The van der Waals surface area contributed by atoms with E-state index in [9.17, 15) is 9.18 Å². The van der Waals surface area contributed by atoms with Crippen LogP contribution < -0.4 is 4.90 Å². The second-order valence-corrected chi connectivity index (χ2v) is 5.32. The highest BCUT2D eigenvalue weighted by molar-refractivity contribution is 6.31. The zero-order valence-corrected chi connectivity index (χ0v) is 12.4. The molecule has 0 aromatic heterocycles. The molecule has 0 heterocycles. The van der Waals surface area contributed by atoms with Crippen molar-refractivity contribution in [2.75, 3.05) is 11.4 Å². The molecular weight excluding hydrogens is 316 g/mol. The number of hydrogen-bond donors (Lipinski definition) is 1. The quantitative estimate of drug-likeness (QED) is 0.893. The van der Waals surface area contributed by atoms with Gasteiger partial charge in [0.25, 0.3) is 0 Å². The molecule has 0 aliphatic carbocycles. The molecule has 21 heavy (non-hydrogen) atoms. The summed E-state index contributed by atoms with van der Waals surface area (Å²) in [5.41, 5.74) is 1.28. The number of carboxylic acids is 1. The molecule has 2 aromatic carbocycles. The molecule has 2 rings (SSSR count). The van der Waals surface area contributed by atoms with E-state index in [1.165, 1.54) is 12.1 Å². The molecule has 0 saturated heterocycles. The summed E-state index contributed by atoms with van der Waals surface area (Å²) in [6.45, 7) is 0.0192. The first-order valence-electron chi connectivity index (χ1n) is 6.12. The largest absolute Gasteiger partial charge is 0.480 e. The number of anilines is 1. The Morgan fingerprint density at radius 2 is 1.95 bits per heavy atom. The Kier molecular flexibility index (Phi) is 5.04. The van der Waals surface area contributed by atoms with Crippen LogP contribution >= 0.6 is 23.2 Å². The van der Waals surface area contributed by atoms with E-state index in [2.05, 4.69) is 0 Å². The van der Waals surface area contributed by atoms with Crippen molar-refractivity contribution >= 4 is 34.9 Å². The van der Waals surface area contributed by atoms with Crippen molar-refractivity contribution < 1.29 is 14.3 Å². The third-order valence-electron chi connectivity index (χ3n) is 2.86. The second-order valence-electron chi connectivity index (χ2n) is 4.48. The Balaban J connectivity index is 2.27. The number of halogens is 3. The average molecular weight is 328 g/mol. The maximum absolute atomic E-state index is 13.5. The van der Waals surface area contributed by atoms with Gasteiger partial charge in [0.1, 0.15) is 12.4 Å². The molecule has 3 nitrogen and oxygen atoms in total. The van der Waals surface area contributed by atoms with Gasteiger partial charge in [-0.25, -0.2) is 4.39 Å². The molecule has 0 spiro atoms. The molecule has 2 aromatic rings. The lowest BCUT2D eigenvalue weighted by Gasteiger charge is -2.23. The summed E-state index contributed by atoms with van der Waals surface area (Å²) in [6, 6.07) is 11.2. The number of rotatable bonds is 5. The molecule has 0 bridgehead atoms. The fraction of sp³-hybridized carbons (Fsp3) is 0.133. The first kappa shape index (κ1) is 15.6. The maximum Gasteiger partial charge on any atom is 0.323 e. The molecule has 1 N–H and O–H groups in total. The minimum atomic E-state index is -0.982. The van der Waals surface area contributed by atoms with Crippen molar-refractivity contribution in [1.82, 2.24) is 0 Å². The summed E-state index contributed by atoms with van der Waals surface area (Å²) < 4.78 is 13.5. The van der Waals surface area contributed by atoms with Crippen LogP contribution in [0.15, 0.2) is 42.5 Å². The van der Waals surface area contributed by atoms with Crippen LogP contribution in [0.3, 0.4) is 0 Å². The molecule has 0 amide bonds.